The molecule has 0 aliphatic rings. The zero-order chi connectivity index (χ0) is 24.8. The third kappa shape index (κ3) is 5.20. The highest BCUT2D eigenvalue weighted by Crippen LogP contribution is 2.55. The molecule has 31 heavy (non-hydrogen) atoms. The van der Waals surface area contributed by atoms with Crippen LogP contribution in [0.5, 0.6) is 0 Å². The topological polar surface area (TPSA) is 26.3 Å². The summed E-state index contributed by atoms with van der Waals surface area (Å²) < 4.78 is 164. The van der Waals surface area contributed by atoms with E-state index in [2.05, 4.69) is 4.74 Å². The van der Waals surface area contributed by atoms with Crippen molar-refractivity contribution in [3.63, 3.8) is 0 Å². The zero-order valence-electron chi connectivity index (χ0n) is 15.8. The van der Waals surface area contributed by atoms with Crippen molar-refractivity contribution in [2.75, 3.05) is 0 Å². The quantitative estimate of drug-likeness (QED) is 0.343. The Hall–Kier alpha value is -2.15. The predicted molar refractivity (Wildman–Crippen MR) is 80.4 cm³/mol. The van der Waals surface area contributed by atoms with Crippen LogP contribution in [0.1, 0.15) is 43.9 Å². The van der Waals surface area contributed by atoms with Crippen LogP contribution < -0.4 is 0 Å². The highest BCUT2D eigenvalue weighted by Gasteiger charge is 2.76. The van der Waals surface area contributed by atoms with Crippen molar-refractivity contribution < 1.29 is 62.2 Å². The molecule has 0 spiro atoms. The largest absolute Gasteiger partial charge is 0.442 e. The number of rotatable bonds is 4. The van der Waals surface area contributed by atoms with Crippen molar-refractivity contribution in [1.29, 1.82) is 0 Å². The first-order valence-electron chi connectivity index (χ1n) is 8.17. The number of carbonyl (C=O) groups is 1. The summed E-state index contributed by atoms with van der Waals surface area (Å²) in [7, 11) is 0. The second-order valence-corrected chi connectivity index (χ2v) is 7.10. The summed E-state index contributed by atoms with van der Waals surface area (Å²) >= 11 is 0. The zero-order valence-corrected chi connectivity index (χ0v) is 15.8. The lowest BCUT2D eigenvalue weighted by Gasteiger charge is -2.39. The van der Waals surface area contributed by atoms with E-state index in [0.29, 0.717) is 0 Å². The number of hydrogen-bond acceptors (Lipinski definition) is 2. The molecular formula is C17H14F12O2. The Morgan fingerprint density at radius 3 is 1.29 bits per heavy atom. The molecule has 1 aromatic carbocycles. The molecule has 2 nitrogen and oxygen atoms in total. The SMILES string of the molecule is CCC(C)(C)C(=O)OC(c1cc(C(F)(F)F)cc(C(F)(F)F)c1)(C(F)(F)F)C(F)(F)F. The van der Waals surface area contributed by atoms with Crippen molar-refractivity contribution in [2.24, 2.45) is 5.41 Å². The molecule has 1 rings (SSSR count). The van der Waals surface area contributed by atoms with Gasteiger partial charge in [0.05, 0.1) is 16.5 Å². The predicted octanol–water partition coefficient (Wildman–Crippen LogP) is 7.02. The normalized spacial score (nSPS) is 14.5. The lowest BCUT2D eigenvalue weighted by molar-refractivity contribution is -0.379. The first-order chi connectivity index (χ1) is 13.5. The highest BCUT2D eigenvalue weighted by molar-refractivity contribution is 5.76. The summed E-state index contributed by atoms with van der Waals surface area (Å²) in [6.45, 7) is 2.97. The Bertz CT molecular complexity index is 766. The Morgan fingerprint density at radius 2 is 1.03 bits per heavy atom. The molecule has 0 N–H and O–H groups in total. The number of halogens is 12. The number of ether oxygens (including phenoxy) is 1. The van der Waals surface area contributed by atoms with Gasteiger partial charge in [-0.2, -0.15) is 52.7 Å². The molecule has 0 saturated heterocycles. The second-order valence-electron chi connectivity index (χ2n) is 7.10. The van der Waals surface area contributed by atoms with Gasteiger partial charge in [-0.25, -0.2) is 0 Å². The maximum atomic E-state index is 13.7. The van der Waals surface area contributed by atoms with Crippen molar-refractivity contribution >= 4 is 5.97 Å². The highest BCUT2D eigenvalue weighted by atomic mass is 19.4. The van der Waals surface area contributed by atoms with Crippen LogP contribution in [0.4, 0.5) is 52.7 Å². The van der Waals surface area contributed by atoms with E-state index in [1.807, 2.05) is 0 Å². The van der Waals surface area contributed by atoms with Crippen LogP contribution in [-0.4, -0.2) is 18.3 Å². The first-order valence-corrected chi connectivity index (χ1v) is 8.17. The molecule has 0 aliphatic carbocycles. The Balaban J connectivity index is 4.08. The maximum absolute atomic E-state index is 13.7. The third-order valence-electron chi connectivity index (χ3n) is 4.47. The number of esters is 1. The van der Waals surface area contributed by atoms with E-state index in [1.165, 1.54) is 6.92 Å². The minimum absolute atomic E-state index is 0.353. The molecule has 0 saturated carbocycles. The molecular weight excluding hydrogens is 464 g/mol. The molecule has 0 radical (unpaired) electrons. The van der Waals surface area contributed by atoms with Crippen LogP contribution in [0.3, 0.4) is 0 Å². The van der Waals surface area contributed by atoms with Crippen molar-refractivity contribution in [3.05, 3.63) is 34.9 Å². The van der Waals surface area contributed by atoms with E-state index in [9.17, 15) is 57.5 Å². The molecule has 178 valence electrons. The van der Waals surface area contributed by atoms with Gasteiger partial charge in [0.25, 0.3) is 0 Å². The lowest BCUT2D eigenvalue weighted by Crippen LogP contribution is -2.58. The average molecular weight is 478 g/mol. The monoisotopic (exact) mass is 478 g/mol. The summed E-state index contributed by atoms with van der Waals surface area (Å²) in [5.41, 5.74) is -15.2. The molecule has 0 atom stereocenters. The molecule has 0 fully saturated rings. The van der Waals surface area contributed by atoms with Gasteiger partial charge in [-0.1, -0.05) is 6.92 Å². The fraction of sp³-hybridized carbons (Fsp3) is 0.588. The smallest absolute Gasteiger partial charge is 0.434 e. The van der Waals surface area contributed by atoms with Gasteiger partial charge in [-0.05, 0) is 38.5 Å². The molecule has 0 aromatic heterocycles. The second kappa shape index (κ2) is 7.76. The molecule has 1 aromatic rings. The third-order valence-corrected chi connectivity index (χ3v) is 4.47. The standard InChI is InChI=1S/C17H14F12O2/c1-4-12(2,3)11(30)31-13(16(24,25)26,17(27,28)29)8-5-9(14(18,19)20)7-10(6-8)15(21,22)23/h5-7H,4H2,1-3H3. The van der Waals surface area contributed by atoms with E-state index in [0.717, 1.165) is 13.8 Å². The van der Waals surface area contributed by atoms with Gasteiger partial charge in [-0.3, -0.25) is 4.79 Å². The van der Waals surface area contributed by atoms with Gasteiger partial charge < -0.3 is 4.74 Å². The maximum Gasteiger partial charge on any atom is 0.442 e. The number of carbonyl (C=O) groups excluding carboxylic acids is 1. The van der Waals surface area contributed by atoms with Crippen LogP contribution in [-0.2, 0) is 27.5 Å². The van der Waals surface area contributed by atoms with Gasteiger partial charge in [-0.15, -0.1) is 0 Å². The average Bonchev–Trinajstić information content (AvgIpc) is 2.55. The van der Waals surface area contributed by atoms with Gasteiger partial charge in [0.2, 0.25) is 0 Å². The Morgan fingerprint density at radius 1 is 0.710 bits per heavy atom. The number of benzene rings is 1. The van der Waals surface area contributed by atoms with Gasteiger partial charge >= 0.3 is 36.3 Å². The van der Waals surface area contributed by atoms with Crippen LogP contribution in [0.25, 0.3) is 0 Å². The van der Waals surface area contributed by atoms with Crippen molar-refractivity contribution in [2.45, 2.75) is 57.5 Å². The van der Waals surface area contributed by atoms with Gasteiger partial charge in [0.1, 0.15) is 0 Å². The summed E-state index contributed by atoms with van der Waals surface area (Å²) in [4.78, 5) is 12.1. The van der Waals surface area contributed by atoms with E-state index < -0.39 is 76.6 Å². The Labute approximate surface area is 167 Å². The minimum Gasteiger partial charge on any atom is -0.434 e. The molecule has 0 heterocycles. The molecule has 14 heteroatoms. The Kier molecular flexibility index (Phi) is 6.73. The fourth-order valence-corrected chi connectivity index (χ4v) is 2.24. The summed E-state index contributed by atoms with van der Waals surface area (Å²) in [5, 5.41) is 0. The van der Waals surface area contributed by atoms with Gasteiger partial charge in [0, 0.05) is 5.56 Å². The fourth-order valence-electron chi connectivity index (χ4n) is 2.24. The van der Waals surface area contributed by atoms with E-state index in [-0.39, 0.29) is 6.42 Å². The molecule has 0 unspecified atom stereocenters. The molecule has 0 bridgehead atoms. The summed E-state index contributed by atoms with van der Waals surface area (Å²) in [6.07, 6.45) is -25.2. The van der Waals surface area contributed by atoms with Crippen LogP contribution in [0, 0.1) is 5.41 Å². The van der Waals surface area contributed by atoms with E-state index >= 15 is 0 Å². The van der Waals surface area contributed by atoms with Crippen LogP contribution in [0.2, 0.25) is 0 Å². The van der Waals surface area contributed by atoms with Crippen molar-refractivity contribution in [3.8, 4) is 0 Å². The first kappa shape index (κ1) is 26.9. The summed E-state index contributed by atoms with van der Waals surface area (Å²) in [6, 6.07) is -2.20. The molecule has 0 aliphatic heterocycles. The van der Waals surface area contributed by atoms with E-state index in [1.54, 1.807) is 0 Å². The van der Waals surface area contributed by atoms with Crippen LogP contribution >= 0.6 is 0 Å². The number of alkyl halides is 12. The summed E-state index contributed by atoms with van der Waals surface area (Å²) in [5.74, 6) is -2.13. The van der Waals surface area contributed by atoms with E-state index in [4.69, 9.17) is 0 Å². The van der Waals surface area contributed by atoms with Crippen molar-refractivity contribution in [1.82, 2.24) is 0 Å². The van der Waals surface area contributed by atoms with Gasteiger partial charge in [0.15, 0.2) is 0 Å². The molecule has 0 amide bonds. The lowest BCUT2D eigenvalue weighted by atomic mass is 9.86. The van der Waals surface area contributed by atoms with Crippen LogP contribution in [0.15, 0.2) is 18.2 Å². The number of hydrogen-bond donors (Lipinski definition) is 0. The minimum atomic E-state index is -6.67.